The van der Waals surface area contributed by atoms with E-state index in [1.807, 2.05) is 39.8 Å². The Morgan fingerprint density at radius 2 is 1.25 bits per heavy atom. The molecule has 0 unspecified atom stereocenters. The molecule has 0 saturated heterocycles. The van der Waals surface area contributed by atoms with Crippen LogP contribution in [0, 0.1) is 23.7 Å². The zero-order valence-corrected chi connectivity index (χ0v) is 12.9. The maximum absolute atomic E-state index is 12.1. The predicted molar refractivity (Wildman–Crippen MR) is 76.9 cm³/mol. The van der Waals surface area contributed by atoms with Crippen LogP contribution in [0.2, 0.25) is 0 Å². The van der Waals surface area contributed by atoms with Gasteiger partial charge in [-0.25, -0.2) is 0 Å². The van der Waals surface area contributed by atoms with E-state index >= 15 is 0 Å². The van der Waals surface area contributed by atoms with Crippen LogP contribution >= 0.6 is 0 Å². The molecule has 4 nitrogen and oxygen atoms in total. The molecule has 0 aliphatic heterocycles. The van der Waals surface area contributed by atoms with Gasteiger partial charge >= 0.3 is 11.9 Å². The van der Waals surface area contributed by atoms with Crippen molar-refractivity contribution >= 4 is 11.9 Å². The van der Waals surface area contributed by atoms with Crippen LogP contribution in [-0.4, -0.2) is 25.2 Å². The van der Waals surface area contributed by atoms with E-state index in [9.17, 15) is 9.59 Å². The van der Waals surface area contributed by atoms with E-state index in [2.05, 4.69) is 0 Å². The van der Waals surface area contributed by atoms with Crippen LogP contribution in [0.5, 0.6) is 0 Å². The van der Waals surface area contributed by atoms with Crippen molar-refractivity contribution in [1.29, 1.82) is 0 Å². The van der Waals surface area contributed by atoms with Gasteiger partial charge in [-0.2, -0.15) is 0 Å². The molecule has 1 aliphatic carbocycles. The van der Waals surface area contributed by atoms with Gasteiger partial charge in [0.05, 0.1) is 25.0 Å². The first kappa shape index (κ1) is 16.7. The SMILES string of the molecule is CC(C)COC(=O)[C@@H]1CC=CC[C@H]1C(=O)OCC(C)C. The Morgan fingerprint density at radius 3 is 1.55 bits per heavy atom. The van der Waals surface area contributed by atoms with E-state index < -0.39 is 11.8 Å². The fraction of sp³-hybridized carbons (Fsp3) is 0.750. The molecule has 114 valence electrons. The molecule has 0 aromatic carbocycles. The molecule has 2 atom stereocenters. The van der Waals surface area contributed by atoms with Crippen molar-refractivity contribution in [2.24, 2.45) is 23.7 Å². The summed E-state index contributed by atoms with van der Waals surface area (Å²) in [6.07, 6.45) is 4.98. The van der Waals surface area contributed by atoms with Crippen molar-refractivity contribution in [1.82, 2.24) is 0 Å². The molecular formula is C16H26O4. The van der Waals surface area contributed by atoms with Crippen molar-refractivity contribution in [3.63, 3.8) is 0 Å². The second-order valence-electron chi connectivity index (χ2n) is 6.20. The summed E-state index contributed by atoms with van der Waals surface area (Å²) in [6.45, 7) is 8.75. The van der Waals surface area contributed by atoms with Gasteiger partial charge in [0, 0.05) is 0 Å². The van der Waals surface area contributed by atoms with Crippen molar-refractivity contribution in [3.8, 4) is 0 Å². The summed E-state index contributed by atoms with van der Waals surface area (Å²) in [5.74, 6) is -0.783. The van der Waals surface area contributed by atoms with Gasteiger partial charge in [-0.05, 0) is 24.7 Å². The average Bonchev–Trinajstić information content (AvgIpc) is 2.42. The summed E-state index contributed by atoms with van der Waals surface area (Å²) in [6, 6.07) is 0. The van der Waals surface area contributed by atoms with Crippen LogP contribution in [0.15, 0.2) is 12.2 Å². The third-order valence-electron chi connectivity index (χ3n) is 3.16. The van der Waals surface area contributed by atoms with E-state index in [4.69, 9.17) is 9.47 Å². The molecule has 0 saturated carbocycles. The number of rotatable bonds is 6. The highest BCUT2D eigenvalue weighted by atomic mass is 16.5. The third kappa shape index (κ3) is 5.35. The average molecular weight is 282 g/mol. The van der Waals surface area contributed by atoms with Crippen LogP contribution < -0.4 is 0 Å². The Bertz CT molecular complexity index is 323. The van der Waals surface area contributed by atoms with Gasteiger partial charge in [-0.15, -0.1) is 0 Å². The molecule has 20 heavy (non-hydrogen) atoms. The quantitative estimate of drug-likeness (QED) is 0.555. The molecule has 0 radical (unpaired) electrons. The molecule has 0 bridgehead atoms. The molecule has 0 fully saturated rings. The van der Waals surface area contributed by atoms with E-state index in [0.29, 0.717) is 37.9 Å². The number of carbonyl (C=O) groups is 2. The lowest BCUT2D eigenvalue weighted by molar-refractivity contribution is -0.162. The third-order valence-corrected chi connectivity index (χ3v) is 3.16. The lowest BCUT2D eigenvalue weighted by Gasteiger charge is -2.25. The van der Waals surface area contributed by atoms with Gasteiger partial charge in [-0.3, -0.25) is 9.59 Å². The minimum absolute atomic E-state index is 0.283. The maximum atomic E-state index is 12.1. The number of hydrogen-bond donors (Lipinski definition) is 0. The number of hydrogen-bond acceptors (Lipinski definition) is 4. The fourth-order valence-electron chi connectivity index (χ4n) is 2.05. The highest BCUT2D eigenvalue weighted by Crippen LogP contribution is 2.28. The Balaban J connectivity index is 2.60. The Kier molecular flexibility index (Phi) is 6.76. The fourth-order valence-corrected chi connectivity index (χ4v) is 2.05. The molecule has 0 aromatic rings. The van der Waals surface area contributed by atoms with Crippen LogP contribution in [0.4, 0.5) is 0 Å². The van der Waals surface area contributed by atoms with Gasteiger partial charge in [0.25, 0.3) is 0 Å². The first-order chi connectivity index (χ1) is 9.41. The molecule has 4 heteroatoms. The van der Waals surface area contributed by atoms with Crippen LogP contribution in [0.25, 0.3) is 0 Å². The van der Waals surface area contributed by atoms with E-state index in [1.54, 1.807) is 0 Å². The summed E-state index contributed by atoms with van der Waals surface area (Å²) in [4.78, 5) is 24.2. The highest BCUT2D eigenvalue weighted by molar-refractivity contribution is 5.82. The van der Waals surface area contributed by atoms with Gasteiger partial charge < -0.3 is 9.47 Å². The first-order valence-corrected chi connectivity index (χ1v) is 7.40. The number of allylic oxidation sites excluding steroid dienone is 2. The summed E-state index contributed by atoms with van der Waals surface area (Å²) in [7, 11) is 0. The van der Waals surface area contributed by atoms with Crippen LogP contribution in [-0.2, 0) is 19.1 Å². The van der Waals surface area contributed by atoms with Crippen molar-refractivity contribution < 1.29 is 19.1 Å². The Labute approximate surface area is 121 Å². The van der Waals surface area contributed by atoms with Crippen molar-refractivity contribution in [2.45, 2.75) is 40.5 Å². The monoisotopic (exact) mass is 282 g/mol. The van der Waals surface area contributed by atoms with Crippen LogP contribution in [0.3, 0.4) is 0 Å². The molecule has 0 heterocycles. The molecular weight excluding hydrogens is 256 g/mol. The van der Waals surface area contributed by atoms with Gasteiger partial charge in [0.2, 0.25) is 0 Å². The minimum atomic E-state index is -0.404. The summed E-state index contributed by atoms with van der Waals surface area (Å²) < 4.78 is 10.5. The highest BCUT2D eigenvalue weighted by Gasteiger charge is 2.36. The molecule has 0 spiro atoms. The molecule has 1 aliphatic rings. The van der Waals surface area contributed by atoms with E-state index in [0.717, 1.165) is 0 Å². The van der Waals surface area contributed by atoms with Crippen LogP contribution in [0.1, 0.15) is 40.5 Å². The number of ether oxygens (including phenoxy) is 2. The topological polar surface area (TPSA) is 52.6 Å². The summed E-state index contributed by atoms with van der Waals surface area (Å²) >= 11 is 0. The largest absolute Gasteiger partial charge is 0.465 e. The van der Waals surface area contributed by atoms with E-state index in [-0.39, 0.29) is 11.9 Å². The number of carbonyl (C=O) groups excluding carboxylic acids is 2. The summed E-state index contributed by atoms with van der Waals surface area (Å²) in [5.41, 5.74) is 0. The molecule has 1 rings (SSSR count). The smallest absolute Gasteiger partial charge is 0.310 e. The lowest BCUT2D eigenvalue weighted by atomic mass is 9.83. The lowest BCUT2D eigenvalue weighted by Crippen LogP contribution is -2.34. The second kappa shape index (κ2) is 8.08. The first-order valence-electron chi connectivity index (χ1n) is 7.40. The Morgan fingerprint density at radius 1 is 0.900 bits per heavy atom. The zero-order valence-electron chi connectivity index (χ0n) is 12.9. The van der Waals surface area contributed by atoms with E-state index in [1.165, 1.54) is 0 Å². The maximum Gasteiger partial charge on any atom is 0.310 e. The van der Waals surface area contributed by atoms with Crippen molar-refractivity contribution in [3.05, 3.63) is 12.2 Å². The Hall–Kier alpha value is -1.32. The van der Waals surface area contributed by atoms with Gasteiger partial charge in [0.1, 0.15) is 0 Å². The predicted octanol–water partition coefficient (Wildman–Crippen LogP) is 2.97. The molecule has 0 aromatic heterocycles. The van der Waals surface area contributed by atoms with Crippen molar-refractivity contribution in [2.75, 3.05) is 13.2 Å². The minimum Gasteiger partial charge on any atom is -0.465 e. The zero-order chi connectivity index (χ0) is 15.1. The summed E-state index contributed by atoms with van der Waals surface area (Å²) in [5, 5.41) is 0. The standard InChI is InChI=1S/C16H26O4/c1-11(2)9-19-15(17)13-7-5-6-8-14(13)16(18)20-10-12(3)4/h5-6,11-14H,7-10H2,1-4H3/t13-,14-/m1/s1. The molecule has 0 amide bonds. The second-order valence-corrected chi connectivity index (χ2v) is 6.20. The number of esters is 2. The van der Waals surface area contributed by atoms with Gasteiger partial charge in [0.15, 0.2) is 0 Å². The molecule has 0 N–H and O–H groups in total. The van der Waals surface area contributed by atoms with Gasteiger partial charge in [-0.1, -0.05) is 39.8 Å². The normalized spacial score (nSPS) is 22.1.